The molecule has 0 fully saturated rings. The van der Waals surface area contributed by atoms with E-state index >= 15 is 0 Å². The van der Waals surface area contributed by atoms with E-state index in [1.165, 1.54) is 16.3 Å². The molecular weight excluding hydrogens is 396 g/mol. The van der Waals surface area contributed by atoms with Gasteiger partial charge >= 0.3 is 0 Å². The van der Waals surface area contributed by atoms with Gasteiger partial charge in [0.1, 0.15) is 0 Å². The Labute approximate surface area is 183 Å². The van der Waals surface area contributed by atoms with E-state index in [0.717, 1.165) is 42.3 Å². The summed E-state index contributed by atoms with van der Waals surface area (Å²) in [4.78, 5) is 4.16. The molecular formula is C24H29ClN4O. The molecule has 2 aromatic carbocycles. The predicted molar refractivity (Wildman–Crippen MR) is 125 cm³/mol. The van der Waals surface area contributed by atoms with Crippen LogP contribution in [0.3, 0.4) is 0 Å². The van der Waals surface area contributed by atoms with Crippen LogP contribution in [0, 0.1) is 0 Å². The van der Waals surface area contributed by atoms with Crippen molar-refractivity contribution < 1.29 is 5.11 Å². The van der Waals surface area contributed by atoms with Gasteiger partial charge in [0.05, 0.1) is 17.3 Å². The molecule has 1 unspecified atom stereocenters. The Morgan fingerprint density at radius 1 is 1.07 bits per heavy atom. The van der Waals surface area contributed by atoms with Crippen molar-refractivity contribution >= 4 is 34.1 Å². The number of aromatic nitrogens is 3. The number of H-pyrrole nitrogens is 1. The summed E-state index contributed by atoms with van der Waals surface area (Å²) in [5, 5.41) is 25.0. The summed E-state index contributed by atoms with van der Waals surface area (Å²) in [6.45, 7) is 4.94. The van der Waals surface area contributed by atoms with Gasteiger partial charge in [0, 0.05) is 35.8 Å². The van der Waals surface area contributed by atoms with Gasteiger partial charge in [0.15, 0.2) is 0 Å². The number of fused-ring (bicyclic) bond motifs is 2. The third-order valence-corrected chi connectivity index (χ3v) is 5.72. The maximum absolute atomic E-state index is 10.9. The summed E-state index contributed by atoms with van der Waals surface area (Å²) in [6, 6.07) is 14.9. The number of benzene rings is 2. The zero-order valence-corrected chi connectivity index (χ0v) is 18.2. The molecule has 30 heavy (non-hydrogen) atoms. The molecule has 0 spiro atoms. The maximum Gasteiger partial charge on any atom is 0.0868 e. The normalized spacial score (nSPS) is 14.4. The van der Waals surface area contributed by atoms with Crippen molar-refractivity contribution in [3.8, 4) is 0 Å². The minimum absolute atomic E-state index is 0. The third-order valence-electron chi connectivity index (χ3n) is 5.72. The van der Waals surface area contributed by atoms with E-state index < -0.39 is 5.60 Å². The Morgan fingerprint density at radius 2 is 1.93 bits per heavy atom. The molecule has 2 atom stereocenters. The van der Waals surface area contributed by atoms with E-state index in [9.17, 15) is 5.11 Å². The largest absolute Gasteiger partial charge is 0.385 e. The van der Waals surface area contributed by atoms with Crippen LogP contribution in [0.2, 0.25) is 0 Å². The standard InChI is InChI=1S/C24H28N4O.ClH/c1-17(26-14-18-5-6-20-15-25-11-9-19(20)12-18)4-3-10-24(2,29)22-7-8-23-21(13-22)16-27-28-23;/h5-9,11-13,15-17,26,29H,3-4,10,14H2,1-2H3,(H,27,28);1H/t17-,24?;/m1./s1. The van der Waals surface area contributed by atoms with Crippen molar-refractivity contribution in [1.82, 2.24) is 20.5 Å². The van der Waals surface area contributed by atoms with Gasteiger partial charge in [0.2, 0.25) is 0 Å². The zero-order chi connectivity index (χ0) is 20.3. The van der Waals surface area contributed by atoms with Gasteiger partial charge in [0.25, 0.3) is 0 Å². The lowest BCUT2D eigenvalue weighted by molar-refractivity contribution is 0.0445. The average molecular weight is 425 g/mol. The molecule has 3 N–H and O–H groups in total. The number of nitrogens with zero attached hydrogens (tertiary/aromatic N) is 2. The van der Waals surface area contributed by atoms with Gasteiger partial charge < -0.3 is 10.4 Å². The van der Waals surface area contributed by atoms with Crippen LogP contribution in [0.4, 0.5) is 0 Å². The van der Waals surface area contributed by atoms with Crippen molar-refractivity contribution in [3.05, 3.63) is 72.2 Å². The number of aromatic amines is 1. The fraction of sp³-hybridized carbons (Fsp3) is 0.333. The van der Waals surface area contributed by atoms with Crippen molar-refractivity contribution in [2.24, 2.45) is 0 Å². The first-order valence-corrected chi connectivity index (χ1v) is 10.2. The lowest BCUT2D eigenvalue weighted by Gasteiger charge is -2.25. The zero-order valence-electron chi connectivity index (χ0n) is 17.4. The van der Waals surface area contributed by atoms with Crippen LogP contribution in [0.25, 0.3) is 21.7 Å². The van der Waals surface area contributed by atoms with Gasteiger partial charge in [-0.1, -0.05) is 18.2 Å². The van der Waals surface area contributed by atoms with Crippen molar-refractivity contribution in [3.63, 3.8) is 0 Å². The molecule has 2 heterocycles. The number of halogens is 1. The van der Waals surface area contributed by atoms with Crippen molar-refractivity contribution in [2.75, 3.05) is 0 Å². The van der Waals surface area contributed by atoms with Crippen molar-refractivity contribution in [2.45, 2.75) is 51.3 Å². The number of nitrogens with one attached hydrogen (secondary N) is 2. The molecule has 0 amide bonds. The van der Waals surface area contributed by atoms with E-state index in [1.54, 1.807) is 6.20 Å². The molecule has 0 aliphatic heterocycles. The first-order chi connectivity index (χ1) is 14.0. The summed E-state index contributed by atoms with van der Waals surface area (Å²) in [5.41, 5.74) is 2.37. The quantitative estimate of drug-likeness (QED) is 0.368. The number of rotatable bonds is 8. The molecule has 0 saturated carbocycles. The summed E-state index contributed by atoms with van der Waals surface area (Å²) in [5.74, 6) is 0. The molecule has 158 valence electrons. The Kier molecular flexibility index (Phi) is 7.08. The van der Waals surface area contributed by atoms with E-state index in [-0.39, 0.29) is 12.4 Å². The van der Waals surface area contributed by atoms with Crippen LogP contribution in [0.15, 0.2) is 61.1 Å². The molecule has 4 aromatic rings. The highest BCUT2D eigenvalue weighted by atomic mass is 35.5. The fourth-order valence-electron chi connectivity index (χ4n) is 3.81. The van der Waals surface area contributed by atoms with Gasteiger partial charge in [-0.3, -0.25) is 10.1 Å². The second kappa shape index (κ2) is 9.56. The third kappa shape index (κ3) is 5.17. The Balaban J connectivity index is 0.00000256. The smallest absolute Gasteiger partial charge is 0.0868 e. The summed E-state index contributed by atoms with van der Waals surface area (Å²) < 4.78 is 0. The molecule has 6 heteroatoms. The Morgan fingerprint density at radius 3 is 2.80 bits per heavy atom. The highest BCUT2D eigenvalue weighted by Gasteiger charge is 2.23. The lowest BCUT2D eigenvalue weighted by Crippen LogP contribution is -2.27. The van der Waals surface area contributed by atoms with Crippen LogP contribution < -0.4 is 5.32 Å². The van der Waals surface area contributed by atoms with E-state index in [4.69, 9.17) is 0 Å². The second-order valence-corrected chi connectivity index (χ2v) is 8.18. The molecule has 2 aromatic heterocycles. The number of aliphatic hydroxyl groups is 1. The SMILES string of the molecule is C[C@H](CCCC(C)(O)c1ccc2[nH]ncc2c1)NCc1ccc2cnccc2c1.Cl. The lowest BCUT2D eigenvalue weighted by atomic mass is 9.89. The Bertz CT molecular complexity index is 1110. The second-order valence-electron chi connectivity index (χ2n) is 8.18. The molecule has 0 aliphatic rings. The van der Waals surface area contributed by atoms with E-state index in [1.807, 2.05) is 43.6 Å². The number of hydrogen-bond acceptors (Lipinski definition) is 4. The van der Waals surface area contributed by atoms with Crippen LogP contribution in [0.1, 0.15) is 44.2 Å². The van der Waals surface area contributed by atoms with Crippen LogP contribution >= 0.6 is 12.4 Å². The highest BCUT2D eigenvalue weighted by Crippen LogP contribution is 2.29. The molecule has 0 aliphatic carbocycles. The van der Waals surface area contributed by atoms with Crippen LogP contribution in [0.5, 0.6) is 0 Å². The number of pyridine rings is 1. The van der Waals surface area contributed by atoms with Crippen molar-refractivity contribution in [1.29, 1.82) is 0 Å². The minimum atomic E-state index is -0.836. The predicted octanol–water partition coefficient (Wildman–Crippen LogP) is 5.09. The molecule has 0 bridgehead atoms. The van der Waals surface area contributed by atoms with Gasteiger partial charge in [-0.25, -0.2) is 0 Å². The monoisotopic (exact) mass is 424 g/mol. The Hall–Kier alpha value is -2.47. The fourth-order valence-corrected chi connectivity index (χ4v) is 3.81. The van der Waals surface area contributed by atoms with E-state index in [0.29, 0.717) is 6.04 Å². The topological polar surface area (TPSA) is 73.8 Å². The molecule has 5 nitrogen and oxygen atoms in total. The summed E-state index contributed by atoms with van der Waals surface area (Å²) in [7, 11) is 0. The first-order valence-electron chi connectivity index (χ1n) is 10.2. The first kappa shape index (κ1) is 22.2. The highest BCUT2D eigenvalue weighted by molar-refractivity contribution is 5.85. The van der Waals surface area contributed by atoms with Gasteiger partial charge in [-0.05, 0) is 73.9 Å². The molecule has 0 radical (unpaired) electrons. The maximum atomic E-state index is 10.9. The van der Waals surface area contributed by atoms with Crippen LogP contribution in [-0.2, 0) is 12.1 Å². The number of hydrogen-bond donors (Lipinski definition) is 3. The average Bonchev–Trinajstić information content (AvgIpc) is 3.20. The minimum Gasteiger partial charge on any atom is -0.385 e. The van der Waals surface area contributed by atoms with Crippen LogP contribution in [-0.4, -0.2) is 26.3 Å². The van der Waals surface area contributed by atoms with Gasteiger partial charge in [-0.2, -0.15) is 5.10 Å². The van der Waals surface area contributed by atoms with Gasteiger partial charge in [-0.15, -0.1) is 12.4 Å². The summed E-state index contributed by atoms with van der Waals surface area (Å²) >= 11 is 0. The molecule has 0 saturated heterocycles. The van der Waals surface area contributed by atoms with E-state index in [2.05, 4.69) is 45.6 Å². The summed E-state index contributed by atoms with van der Waals surface area (Å²) in [6.07, 6.45) is 8.22. The molecule has 4 rings (SSSR count).